The summed E-state index contributed by atoms with van der Waals surface area (Å²) in [7, 11) is 1.66. The lowest BCUT2D eigenvalue weighted by Crippen LogP contribution is -2.30. The van der Waals surface area contributed by atoms with Gasteiger partial charge >= 0.3 is 0 Å². The van der Waals surface area contributed by atoms with Gasteiger partial charge in [0.1, 0.15) is 5.75 Å². The van der Waals surface area contributed by atoms with Crippen LogP contribution in [0.25, 0.3) is 0 Å². The monoisotopic (exact) mass is 323 g/mol. The number of benzene rings is 1. The van der Waals surface area contributed by atoms with Crippen molar-refractivity contribution in [3.05, 3.63) is 29.8 Å². The molecule has 1 atom stereocenters. The number of thioether (sulfide) groups is 1. The van der Waals surface area contributed by atoms with E-state index in [1.54, 1.807) is 18.9 Å². The number of unbranched alkanes of at least 4 members (excludes halogenated alkanes) is 1. The summed E-state index contributed by atoms with van der Waals surface area (Å²) < 4.78 is 5.13. The van der Waals surface area contributed by atoms with Gasteiger partial charge in [0.2, 0.25) is 5.91 Å². The number of carbonyl (C=O) groups excluding carboxylic acids is 1. The largest absolute Gasteiger partial charge is 0.497 e. The molecule has 0 aliphatic carbocycles. The Hall–Kier alpha value is -1.16. The van der Waals surface area contributed by atoms with Crippen LogP contribution in [-0.4, -0.2) is 25.3 Å². The summed E-state index contributed by atoms with van der Waals surface area (Å²) in [6, 6.07) is 7.99. The maximum atomic E-state index is 11.9. The van der Waals surface area contributed by atoms with Crippen LogP contribution in [0.1, 0.15) is 45.1 Å². The number of rotatable bonds is 11. The second-order valence-electron chi connectivity index (χ2n) is 5.56. The Morgan fingerprint density at radius 3 is 2.59 bits per heavy atom. The van der Waals surface area contributed by atoms with E-state index in [0.717, 1.165) is 24.5 Å². The first-order chi connectivity index (χ1) is 10.7. The molecule has 1 aromatic rings. The molecule has 0 bridgehead atoms. The average molecular weight is 324 g/mol. The lowest BCUT2D eigenvalue weighted by Gasteiger charge is -2.15. The molecule has 0 saturated carbocycles. The average Bonchev–Trinajstić information content (AvgIpc) is 2.55. The van der Waals surface area contributed by atoms with E-state index in [-0.39, 0.29) is 5.91 Å². The number of nitrogens with one attached hydrogen (secondary N) is 1. The number of hydrogen-bond acceptors (Lipinski definition) is 3. The molecule has 0 heterocycles. The fourth-order valence-corrected chi connectivity index (χ4v) is 3.05. The molecule has 0 spiro atoms. The summed E-state index contributed by atoms with van der Waals surface area (Å²) in [5.74, 6) is 3.01. The SMILES string of the molecule is CCCC[C@H](CC)CNC(=O)CSCc1ccc(OC)cc1. The van der Waals surface area contributed by atoms with Gasteiger partial charge < -0.3 is 10.1 Å². The minimum atomic E-state index is 0.147. The highest BCUT2D eigenvalue weighted by molar-refractivity contribution is 7.99. The minimum absolute atomic E-state index is 0.147. The highest BCUT2D eigenvalue weighted by Gasteiger charge is 2.08. The standard InChI is InChI=1S/C18H29NO2S/c1-4-6-7-15(5-2)12-19-18(20)14-22-13-16-8-10-17(21-3)11-9-16/h8-11,15H,4-7,12-14H2,1-3H3,(H,19,20)/t15-/m0/s1. The number of hydrogen-bond donors (Lipinski definition) is 1. The predicted molar refractivity (Wildman–Crippen MR) is 95.5 cm³/mol. The fourth-order valence-electron chi connectivity index (χ4n) is 2.24. The molecule has 0 aliphatic heterocycles. The summed E-state index contributed by atoms with van der Waals surface area (Å²) in [6.07, 6.45) is 4.83. The molecule has 1 amide bonds. The highest BCUT2D eigenvalue weighted by Crippen LogP contribution is 2.16. The van der Waals surface area contributed by atoms with Crippen molar-refractivity contribution in [2.24, 2.45) is 5.92 Å². The van der Waals surface area contributed by atoms with Gasteiger partial charge in [-0.2, -0.15) is 0 Å². The first-order valence-electron chi connectivity index (χ1n) is 8.16. The van der Waals surface area contributed by atoms with Crippen LogP contribution in [0.15, 0.2) is 24.3 Å². The van der Waals surface area contributed by atoms with Crippen molar-refractivity contribution >= 4 is 17.7 Å². The van der Waals surface area contributed by atoms with Crippen molar-refractivity contribution in [3.63, 3.8) is 0 Å². The van der Waals surface area contributed by atoms with Crippen LogP contribution in [-0.2, 0) is 10.5 Å². The molecule has 1 aromatic carbocycles. The third-order valence-corrected chi connectivity index (χ3v) is 4.80. The van der Waals surface area contributed by atoms with E-state index in [1.807, 2.05) is 24.3 Å². The Labute approximate surface area is 139 Å². The number of amides is 1. The van der Waals surface area contributed by atoms with E-state index < -0.39 is 0 Å². The lowest BCUT2D eigenvalue weighted by molar-refractivity contribution is -0.118. The Balaban J connectivity index is 2.19. The summed E-state index contributed by atoms with van der Waals surface area (Å²) in [5.41, 5.74) is 1.22. The Morgan fingerprint density at radius 2 is 2.00 bits per heavy atom. The van der Waals surface area contributed by atoms with E-state index in [4.69, 9.17) is 4.74 Å². The molecule has 0 radical (unpaired) electrons. The Bertz CT molecular complexity index is 420. The molecule has 4 heteroatoms. The summed E-state index contributed by atoms with van der Waals surface area (Å²) in [5, 5.41) is 3.07. The van der Waals surface area contributed by atoms with E-state index in [2.05, 4.69) is 19.2 Å². The van der Waals surface area contributed by atoms with Gasteiger partial charge in [0.05, 0.1) is 12.9 Å². The zero-order valence-corrected chi connectivity index (χ0v) is 14.9. The molecule has 0 aliphatic rings. The molecule has 0 saturated heterocycles. The van der Waals surface area contributed by atoms with Crippen molar-refractivity contribution < 1.29 is 9.53 Å². The molecule has 124 valence electrons. The zero-order valence-electron chi connectivity index (χ0n) is 14.1. The molecule has 22 heavy (non-hydrogen) atoms. The smallest absolute Gasteiger partial charge is 0.230 e. The third-order valence-electron chi connectivity index (χ3n) is 3.79. The Kier molecular flexibility index (Phi) is 9.80. The van der Waals surface area contributed by atoms with Crippen LogP contribution in [0.5, 0.6) is 5.75 Å². The van der Waals surface area contributed by atoms with Crippen molar-refractivity contribution in [2.45, 2.75) is 45.3 Å². The van der Waals surface area contributed by atoms with Crippen molar-refractivity contribution in [1.82, 2.24) is 5.32 Å². The van der Waals surface area contributed by atoms with Crippen LogP contribution in [0.2, 0.25) is 0 Å². The van der Waals surface area contributed by atoms with Crippen molar-refractivity contribution in [3.8, 4) is 5.75 Å². The van der Waals surface area contributed by atoms with Gasteiger partial charge in [-0.1, -0.05) is 45.2 Å². The second kappa shape index (κ2) is 11.4. The lowest BCUT2D eigenvalue weighted by atomic mass is 9.99. The zero-order chi connectivity index (χ0) is 16.2. The minimum Gasteiger partial charge on any atom is -0.497 e. The maximum Gasteiger partial charge on any atom is 0.230 e. The van der Waals surface area contributed by atoms with Crippen molar-refractivity contribution in [1.29, 1.82) is 0 Å². The quantitative estimate of drug-likeness (QED) is 0.661. The Morgan fingerprint density at radius 1 is 1.27 bits per heavy atom. The first-order valence-corrected chi connectivity index (χ1v) is 9.32. The molecular formula is C18H29NO2S. The van der Waals surface area contributed by atoms with Crippen LogP contribution < -0.4 is 10.1 Å². The maximum absolute atomic E-state index is 11.9. The predicted octanol–water partition coefficient (Wildman–Crippen LogP) is 4.26. The van der Waals surface area contributed by atoms with Gasteiger partial charge in [-0.3, -0.25) is 4.79 Å². The van der Waals surface area contributed by atoms with Crippen LogP contribution in [0, 0.1) is 5.92 Å². The normalized spacial score (nSPS) is 12.0. The summed E-state index contributed by atoms with van der Waals surface area (Å²) in [4.78, 5) is 11.9. The summed E-state index contributed by atoms with van der Waals surface area (Å²) in [6.45, 7) is 5.23. The van der Waals surface area contributed by atoms with Gasteiger partial charge in [-0.25, -0.2) is 0 Å². The number of carbonyl (C=O) groups is 1. The van der Waals surface area contributed by atoms with E-state index >= 15 is 0 Å². The topological polar surface area (TPSA) is 38.3 Å². The number of methoxy groups -OCH3 is 1. The van der Waals surface area contributed by atoms with E-state index in [1.165, 1.54) is 24.8 Å². The first kappa shape index (κ1) is 18.9. The molecule has 1 rings (SSSR count). The second-order valence-corrected chi connectivity index (χ2v) is 6.55. The van der Waals surface area contributed by atoms with Crippen LogP contribution in [0.4, 0.5) is 0 Å². The van der Waals surface area contributed by atoms with Crippen molar-refractivity contribution in [2.75, 3.05) is 19.4 Å². The molecule has 3 nitrogen and oxygen atoms in total. The van der Waals surface area contributed by atoms with E-state index in [9.17, 15) is 4.79 Å². The van der Waals surface area contributed by atoms with Gasteiger partial charge in [0.15, 0.2) is 0 Å². The van der Waals surface area contributed by atoms with Gasteiger partial charge in [-0.15, -0.1) is 11.8 Å². The molecular weight excluding hydrogens is 294 g/mol. The summed E-state index contributed by atoms with van der Waals surface area (Å²) >= 11 is 1.65. The molecule has 0 aromatic heterocycles. The fraction of sp³-hybridized carbons (Fsp3) is 0.611. The number of ether oxygens (including phenoxy) is 1. The molecule has 0 fully saturated rings. The van der Waals surface area contributed by atoms with Crippen LogP contribution >= 0.6 is 11.8 Å². The molecule has 1 N–H and O–H groups in total. The van der Waals surface area contributed by atoms with E-state index in [0.29, 0.717) is 11.7 Å². The van der Waals surface area contributed by atoms with Gasteiger partial charge in [0.25, 0.3) is 0 Å². The molecule has 0 unspecified atom stereocenters. The third kappa shape index (κ3) is 7.74. The van der Waals surface area contributed by atoms with Gasteiger partial charge in [-0.05, 0) is 30.0 Å². The highest BCUT2D eigenvalue weighted by atomic mass is 32.2. The van der Waals surface area contributed by atoms with Gasteiger partial charge in [0, 0.05) is 12.3 Å². The van der Waals surface area contributed by atoms with Crippen LogP contribution in [0.3, 0.4) is 0 Å².